The zero-order chi connectivity index (χ0) is 17.2. The maximum atomic E-state index is 12.4. The van der Waals surface area contributed by atoms with E-state index in [2.05, 4.69) is 25.3 Å². The SMILES string of the molecule is O=C(NC1CCN(c2ccncc2)CC1)c1cc2c(=O)[nH]ccn2n1. The van der Waals surface area contributed by atoms with Crippen LogP contribution in [0, 0.1) is 0 Å². The summed E-state index contributed by atoms with van der Waals surface area (Å²) in [5, 5.41) is 7.19. The van der Waals surface area contributed by atoms with Crippen molar-refractivity contribution in [2.45, 2.75) is 18.9 Å². The molecule has 0 aliphatic carbocycles. The summed E-state index contributed by atoms with van der Waals surface area (Å²) in [6.07, 6.45) is 8.41. The number of aromatic amines is 1. The van der Waals surface area contributed by atoms with Crippen LogP contribution in [0.4, 0.5) is 5.69 Å². The fourth-order valence-electron chi connectivity index (χ4n) is 3.14. The lowest BCUT2D eigenvalue weighted by atomic mass is 10.0. The monoisotopic (exact) mass is 338 g/mol. The lowest BCUT2D eigenvalue weighted by molar-refractivity contribution is 0.0925. The van der Waals surface area contributed by atoms with E-state index in [1.807, 2.05) is 12.1 Å². The summed E-state index contributed by atoms with van der Waals surface area (Å²) in [6, 6.07) is 5.61. The van der Waals surface area contributed by atoms with Crippen LogP contribution < -0.4 is 15.8 Å². The van der Waals surface area contributed by atoms with Gasteiger partial charge in [-0.25, -0.2) is 4.52 Å². The topological polar surface area (TPSA) is 95.4 Å². The third-order valence-electron chi connectivity index (χ3n) is 4.49. The molecule has 0 spiro atoms. The Morgan fingerprint density at radius 3 is 2.72 bits per heavy atom. The zero-order valence-corrected chi connectivity index (χ0v) is 13.6. The first-order valence-electron chi connectivity index (χ1n) is 8.23. The first-order chi connectivity index (χ1) is 12.2. The van der Waals surface area contributed by atoms with Gasteiger partial charge in [-0.3, -0.25) is 14.6 Å². The highest BCUT2D eigenvalue weighted by Gasteiger charge is 2.22. The number of H-pyrrole nitrogens is 1. The number of fused-ring (bicyclic) bond motifs is 1. The number of piperidine rings is 1. The number of aromatic nitrogens is 4. The van der Waals surface area contributed by atoms with Gasteiger partial charge in [0.25, 0.3) is 11.5 Å². The summed E-state index contributed by atoms with van der Waals surface area (Å²) in [7, 11) is 0. The van der Waals surface area contributed by atoms with Gasteiger partial charge in [0, 0.05) is 55.7 Å². The Balaban J connectivity index is 1.40. The lowest BCUT2D eigenvalue weighted by Crippen LogP contribution is -2.44. The summed E-state index contributed by atoms with van der Waals surface area (Å²) in [5.41, 5.74) is 1.51. The second-order valence-corrected chi connectivity index (χ2v) is 6.09. The summed E-state index contributed by atoms with van der Waals surface area (Å²) < 4.78 is 1.42. The number of carbonyl (C=O) groups excluding carboxylic acids is 1. The molecule has 0 atom stereocenters. The molecule has 8 nitrogen and oxygen atoms in total. The van der Waals surface area contributed by atoms with Crippen LogP contribution in [0.5, 0.6) is 0 Å². The molecule has 4 heterocycles. The minimum absolute atomic E-state index is 0.105. The van der Waals surface area contributed by atoms with Crippen LogP contribution >= 0.6 is 0 Å². The van der Waals surface area contributed by atoms with Gasteiger partial charge >= 0.3 is 0 Å². The van der Waals surface area contributed by atoms with Crippen molar-refractivity contribution in [3.63, 3.8) is 0 Å². The van der Waals surface area contributed by atoms with Crippen molar-refractivity contribution < 1.29 is 4.79 Å². The maximum Gasteiger partial charge on any atom is 0.273 e. The molecule has 8 heteroatoms. The van der Waals surface area contributed by atoms with Crippen LogP contribution in [0.2, 0.25) is 0 Å². The van der Waals surface area contributed by atoms with Gasteiger partial charge in [-0.05, 0) is 25.0 Å². The Hall–Kier alpha value is -3.16. The van der Waals surface area contributed by atoms with E-state index in [4.69, 9.17) is 0 Å². The van der Waals surface area contributed by atoms with Crippen LogP contribution in [-0.4, -0.2) is 44.6 Å². The van der Waals surface area contributed by atoms with E-state index < -0.39 is 0 Å². The number of nitrogens with one attached hydrogen (secondary N) is 2. The number of pyridine rings is 1. The standard InChI is InChI=1S/C17H18N6O2/c24-16(14-11-15-17(25)19-7-10-23(15)21-14)20-12-3-8-22(9-4-12)13-1-5-18-6-2-13/h1-2,5-7,10-12H,3-4,8-9H2,(H,19,25)(H,20,24). The molecule has 2 N–H and O–H groups in total. The average Bonchev–Trinajstić information content (AvgIpc) is 3.09. The van der Waals surface area contributed by atoms with Gasteiger partial charge < -0.3 is 15.2 Å². The van der Waals surface area contributed by atoms with Crippen LogP contribution in [0.25, 0.3) is 5.52 Å². The predicted octanol–water partition coefficient (Wildman–Crippen LogP) is 0.816. The number of carbonyl (C=O) groups is 1. The van der Waals surface area contributed by atoms with Gasteiger partial charge in [-0.1, -0.05) is 0 Å². The second kappa shape index (κ2) is 6.39. The van der Waals surface area contributed by atoms with Crippen LogP contribution in [0.1, 0.15) is 23.3 Å². The van der Waals surface area contributed by atoms with E-state index in [1.54, 1.807) is 18.6 Å². The molecule has 128 valence electrons. The van der Waals surface area contributed by atoms with Gasteiger partial charge in [-0.2, -0.15) is 5.10 Å². The van der Waals surface area contributed by atoms with Crippen molar-refractivity contribution in [2.75, 3.05) is 18.0 Å². The minimum atomic E-state index is -0.264. The smallest absolute Gasteiger partial charge is 0.273 e. The maximum absolute atomic E-state index is 12.4. The molecule has 0 aromatic carbocycles. The van der Waals surface area contributed by atoms with Gasteiger partial charge in [0.15, 0.2) is 5.69 Å². The molecule has 0 radical (unpaired) electrons. The van der Waals surface area contributed by atoms with E-state index in [1.165, 1.54) is 16.8 Å². The number of amides is 1. The number of anilines is 1. The molecule has 0 saturated carbocycles. The van der Waals surface area contributed by atoms with Crippen molar-refractivity contribution in [3.05, 3.63) is 59.0 Å². The molecule has 1 aliphatic rings. The quantitative estimate of drug-likeness (QED) is 0.737. The number of hydrogen-bond acceptors (Lipinski definition) is 5. The molecule has 25 heavy (non-hydrogen) atoms. The number of nitrogens with zero attached hydrogens (tertiary/aromatic N) is 4. The van der Waals surface area contributed by atoms with Gasteiger partial charge in [0.1, 0.15) is 5.52 Å². The van der Waals surface area contributed by atoms with E-state index in [-0.39, 0.29) is 23.2 Å². The lowest BCUT2D eigenvalue weighted by Gasteiger charge is -2.33. The van der Waals surface area contributed by atoms with Crippen LogP contribution in [0.15, 0.2) is 47.8 Å². The Morgan fingerprint density at radius 1 is 1.24 bits per heavy atom. The number of hydrogen-bond donors (Lipinski definition) is 2. The predicted molar refractivity (Wildman–Crippen MR) is 92.8 cm³/mol. The fourth-order valence-corrected chi connectivity index (χ4v) is 3.14. The summed E-state index contributed by atoms with van der Waals surface area (Å²) in [5.74, 6) is -0.245. The van der Waals surface area contributed by atoms with Crippen LogP contribution in [0.3, 0.4) is 0 Å². The molecule has 3 aromatic rings. The highest BCUT2D eigenvalue weighted by molar-refractivity contribution is 5.93. The minimum Gasteiger partial charge on any atom is -0.371 e. The van der Waals surface area contributed by atoms with Crippen molar-refractivity contribution in [1.29, 1.82) is 0 Å². The molecular weight excluding hydrogens is 320 g/mol. The Kier molecular flexibility index (Phi) is 3.93. The normalized spacial score (nSPS) is 15.4. The van der Waals surface area contributed by atoms with Crippen LogP contribution in [-0.2, 0) is 0 Å². The Bertz CT molecular complexity index is 940. The van der Waals surface area contributed by atoms with E-state index in [0.717, 1.165) is 31.6 Å². The van der Waals surface area contributed by atoms with Gasteiger partial charge in [-0.15, -0.1) is 0 Å². The molecule has 1 saturated heterocycles. The zero-order valence-electron chi connectivity index (χ0n) is 13.6. The van der Waals surface area contributed by atoms with E-state index in [0.29, 0.717) is 5.52 Å². The Labute approximate surface area is 143 Å². The highest BCUT2D eigenvalue weighted by atomic mass is 16.2. The van der Waals surface area contributed by atoms with Crippen molar-refractivity contribution in [2.24, 2.45) is 0 Å². The summed E-state index contributed by atoms with van der Waals surface area (Å²) in [6.45, 7) is 1.75. The fraction of sp³-hybridized carbons (Fsp3) is 0.294. The molecule has 3 aromatic heterocycles. The molecule has 1 fully saturated rings. The third-order valence-corrected chi connectivity index (χ3v) is 4.49. The second-order valence-electron chi connectivity index (χ2n) is 6.09. The van der Waals surface area contributed by atoms with Crippen molar-refractivity contribution >= 4 is 17.1 Å². The molecule has 1 amide bonds. The molecular formula is C17H18N6O2. The van der Waals surface area contributed by atoms with Gasteiger partial charge in [0.05, 0.1) is 0 Å². The van der Waals surface area contributed by atoms with Crippen molar-refractivity contribution in [3.8, 4) is 0 Å². The van der Waals surface area contributed by atoms with E-state index >= 15 is 0 Å². The van der Waals surface area contributed by atoms with Gasteiger partial charge in [0.2, 0.25) is 0 Å². The Morgan fingerprint density at radius 2 is 2.00 bits per heavy atom. The first kappa shape index (κ1) is 15.4. The molecule has 0 unspecified atom stereocenters. The van der Waals surface area contributed by atoms with Crippen molar-refractivity contribution in [1.82, 2.24) is 24.9 Å². The summed E-state index contributed by atoms with van der Waals surface area (Å²) in [4.78, 5) is 33.0. The largest absolute Gasteiger partial charge is 0.371 e. The molecule has 0 bridgehead atoms. The first-order valence-corrected chi connectivity index (χ1v) is 8.23. The average molecular weight is 338 g/mol. The van der Waals surface area contributed by atoms with E-state index in [9.17, 15) is 9.59 Å². The molecule has 4 rings (SSSR count). The third kappa shape index (κ3) is 3.10. The highest BCUT2D eigenvalue weighted by Crippen LogP contribution is 2.19. The summed E-state index contributed by atoms with van der Waals surface area (Å²) >= 11 is 0. The number of rotatable bonds is 3. The molecule has 1 aliphatic heterocycles.